The number of carboxylic acid groups (broad SMARTS) is 1. The van der Waals surface area contributed by atoms with Gasteiger partial charge in [-0.3, -0.25) is 9.78 Å². The van der Waals surface area contributed by atoms with Crippen molar-refractivity contribution >= 4 is 34.3 Å². The van der Waals surface area contributed by atoms with Crippen molar-refractivity contribution in [1.82, 2.24) is 9.88 Å². The normalized spacial score (nSPS) is 16.2. The third kappa shape index (κ3) is 6.47. The first kappa shape index (κ1) is 30.0. The van der Waals surface area contributed by atoms with E-state index in [0.29, 0.717) is 66.4 Å². The van der Waals surface area contributed by atoms with Crippen molar-refractivity contribution in [1.29, 1.82) is 0 Å². The van der Waals surface area contributed by atoms with E-state index in [1.807, 2.05) is 37.2 Å². The van der Waals surface area contributed by atoms with Crippen LogP contribution in [-0.4, -0.2) is 72.7 Å². The molecule has 1 atom stereocenters. The minimum absolute atomic E-state index is 0.265. The number of hydrogen-bond acceptors (Lipinski definition) is 7. The average Bonchev–Trinajstić information content (AvgIpc) is 2.94. The number of carboxylic acids is 1. The first-order chi connectivity index (χ1) is 19.0. The lowest BCUT2D eigenvalue weighted by molar-refractivity contribution is -0.153. The highest BCUT2D eigenvalue weighted by Gasteiger charge is 2.41. The van der Waals surface area contributed by atoms with Crippen LogP contribution in [0.2, 0.25) is 0 Å². The van der Waals surface area contributed by atoms with E-state index >= 15 is 0 Å². The molecule has 7 nitrogen and oxygen atoms in total. The maximum Gasteiger partial charge on any atom is 0.309 e. The second-order valence-corrected chi connectivity index (χ2v) is 11.5. The number of hydrogen-bond donors (Lipinski definition) is 2. The van der Waals surface area contributed by atoms with Gasteiger partial charge in [-0.2, -0.15) is 0 Å². The van der Waals surface area contributed by atoms with Crippen molar-refractivity contribution in [2.45, 2.75) is 36.7 Å². The minimum Gasteiger partial charge on any atom is -0.497 e. The van der Waals surface area contributed by atoms with Gasteiger partial charge in [0.25, 0.3) is 0 Å². The summed E-state index contributed by atoms with van der Waals surface area (Å²) in [6, 6.07) is 7.43. The Bertz CT molecular complexity index is 1340. The predicted molar refractivity (Wildman–Crippen MR) is 150 cm³/mol. The highest BCUT2D eigenvalue weighted by Crippen LogP contribution is 2.41. The van der Waals surface area contributed by atoms with Crippen molar-refractivity contribution in [3.8, 4) is 5.75 Å². The van der Waals surface area contributed by atoms with Gasteiger partial charge in [-0.1, -0.05) is 0 Å². The minimum atomic E-state index is -1.48. The zero-order valence-electron chi connectivity index (χ0n) is 22.8. The van der Waals surface area contributed by atoms with Gasteiger partial charge >= 0.3 is 5.97 Å². The van der Waals surface area contributed by atoms with Gasteiger partial charge in [0.2, 0.25) is 0 Å². The Morgan fingerprint density at radius 2 is 1.85 bits per heavy atom. The maximum atomic E-state index is 13.5. The summed E-state index contributed by atoms with van der Waals surface area (Å²) >= 11 is 1.22. The van der Waals surface area contributed by atoms with Crippen LogP contribution in [-0.2, 0) is 4.79 Å². The molecule has 0 bridgehead atoms. The van der Waals surface area contributed by atoms with Crippen molar-refractivity contribution in [3.05, 3.63) is 59.5 Å². The highest BCUT2D eigenvalue weighted by atomic mass is 32.2. The van der Waals surface area contributed by atoms with Gasteiger partial charge < -0.3 is 24.7 Å². The fourth-order valence-corrected chi connectivity index (χ4v) is 6.22. The molecule has 11 heteroatoms. The van der Waals surface area contributed by atoms with Crippen LogP contribution in [0.3, 0.4) is 0 Å². The van der Waals surface area contributed by atoms with Crippen LogP contribution >= 0.6 is 11.8 Å². The van der Waals surface area contributed by atoms with E-state index in [2.05, 4.69) is 9.88 Å². The standard InChI is InChI=1S/C29H34F3N3O4S/c1-34(2)24-17-33-23-5-4-18(39-3)14-20(23)26(24)25(36)6-7-29(28(37)38)8-10-35(11-9-29)12-13-40-19-15-21(30)27(32)22(31)16-19/h4-5,14-17,25,36H,6-13H2,1-3H3,(H,37,38)/t25-/m0/s1. The number of piperidine rings is 1. The number of aromatic nitrogens is 1. The lowest BCUT2D eigenvalue weighted by atomic mass is 9.74. The maximum absolute atomic E-state index is 13.5. The SMILES string of the molecule is COc1ccc2ncc(N(C)C)c([C@@H](O)CCC3(C(=O)O)CCN(CCSc4cc(F)c(F)c(F)c4)CC3)c2c1. The molecule has 2 aromatic carbocycles. The molecule has 216 valence electrons. The molecule has 0 amide bonds. The molecular formula is C29H34F3N3O4S. The largest absolute Gasteiger partial charge is 0.497 e. The number of pyridine rings is 1. The third-order valence-corrected chi connectivity index (χ3v) is 8.66. The predicted octanol–water partition coefficient (Wildman–Crippen LogP) is 5.50. The summed E-state index contributed by atoms with van der Waals surface area (Å²) in [7, 11) is 5.31. The van der Waals surface area contributed by atoms with Crippen LogP contribution in [0.25, 0.3) is 10.9 Å². The number of anilines is 1. The third-order valence-electron chi connectivity index (χ3n) is 7.71. The van der Waals surface area contributed by atoms with E-state index in [9.17, 15) is 28.2 Å². The number of benzene rings is 2. The number of carbonyl (C=O) groups is 1. The van der Waals surface area contributed by atoms with Gasteiger partial charge in [-0.05, 0) is 69.1 Å². The van der Waals surface area contributed by atoms with Gasteiger partial charge in [-0.25, -0.2) is 13.2 Å². The Labute approximate surface area is 235 Å². The Balaban J connectivity index is 1.40. The summed E-state index contributed by atoms with van der Waals surface area (Å²) in [4.78, 5) is 21.3. The molecule has 0 aliphatic carbocycles. The number of aliphatic carboxylic acids is 1. The molecule has 1 saturated heterocycles. The van der Waals surface area contributed by atoms with E-state index in [1.54, 1.807) is 13.3 Å². The summed E-state index contributed by atoms with van der Waals surface area (Å²) in [6.07, 6.45) is 2.22. The number of halogens is 3. The number of rotatable bonds is 11. The van der Waals surface area contributed by atoms with Crippen LogP contribution in [0.4, 0.5) is 18.9 Å². The topological polar surface area (TPSA) is 86.1 Å². The Hall–Kier alpha value is -3.02. The van der Waals surface area contributed by atoms with Gasteiger partial charge in [-0.15, -0.1) is 11.8 Å². The number of ether oxygens (including phenoxy) is 1. The van der Waals surface area contributed by atoms with Crippen LogP contribution in [0, 0.1) is 22.9 Å². The first-order valence-corrected chi connectivity index (χ1v) is 14.1. The van der Waals surface area contributed by atoms with E-state index in [0.717, 1.165) is 23.2 Å². The van der Waals surface area contributed by atoms with Crippen molar-refractivity contribution < 1.29 is 32.9 Å². The first-order valence-electron chi connectivity index (χ1n) is 13.1. The molecule has 1 aliphatic heterocycles. The summed E-state index contributed by atoms with van der Waals surface area (Å²) in [5.41, 5.74) is 1.20. The monoisotopic (exact) mass is 577 g/mol. The fraction of sp³-hybridized carbons (Fsp3) is 0.448. The van der Waals surface area contributed by atoms with Crippen molar-refractivity contribution in [2.75, 3.05) is 51.5 Å². The van der Waals surface area contributed by atoms with E-state index in [-0.39, 0.29) is 6.42 Å². The van der Waals surface area contributed by atoms with Gasteiger partial charge in [0.05, 0.1) is 36.0 Å². The molecule has 1 fully saturated rings. The van der Waals surface area contributed by atoms with Crippen LogP contribution in [0.5, 0.6) is 5.75 Å². The van der Waals surface area contributed by atoms with Crippen LogP contribution in [0.15, 0.2) is 41.4 Å². The molecule has 1 aliphatic rings. The Morgan fingerprint density at radius 3 is 2.45 bits per heavy atom. The van der Waals surface area contributed by atoms with Crippen LogP contribution in [0.1, 0.15) is 37.4 Å². The molecule has 0 radical (unpaired) electrons. The number of likely N-dealkylation sites (tertiary alicyclic amines) is 1. The molecule has 0 spiro atoms. The summed E-state index contributed by atoms with van der Waals surface area (Å²) in [5.74, 6) is -3.63. The molecule has 1 aromatic heterocycles. The number of fused-ring (bicyclic) bond motifs is 1. The number of aliphatic hydroxyl groups is 1. The summed E-state index contributed by atoms with van der Waals surface area (Å²) < 4.78 is 45.5. The smallest absolute Gasteiger partial charge is 0.309 e. The van der Waals surface area contributed by atoms with Gasteiger partial charge in [0.1, 0.15) is 5.75 Å². The molecule has 4 rings (SSSR count). The highest BCUT2D eigenvalue weighted by molar-refractivity contribution is 7.99. The lowest BCUT2D eigenvalue weighted by Gasteiger charge is -2.39. The number of nitrogens with zero attached hydrogens (tertiary/aromatic N) is 3. The van der Waals surface area contributed by atoms with Gasteiger partial charge in [0.15, 0.2) is 17.5 Å². The second kappa shape index (κ2) is 12.7. The Kier molecular flexibility index (Phi) is 9.48. The quantitative estimate of drug-likeness (QED) is 0.228. The van der Waals surface area contributed by atoms with E-state index < -0.39 is 34.9 Å². The molecule has 0 saturated carbocycles. The fourth-order valence-electron chi connectivity index (χ4n) is 5.26. The molecule has 40 heavy (non-hydrogen) atoms. The van der Waals surface area contributed by atoms with Gasteiger partial charge in [0, 0.05) is 42.2 Å². The number of thioether (sulfide) groups is 1. The molecule has 2 heterocycles. The second-order valence-electron chi connectivity index (χ2n) is 10.4. The van der Waals surface area contributed by atoms with E-state index in [4.69, 9.17) is 4.74 Å². The van der Waals surface area contributed by atoms with Crippen molar-refractivity contribution in [2.24, 2.45) is 5.41 Å². The zero-order chi connectivity index (χ0) is 29.0. The molecule has 0 unspecified atom stereocenters. The average molecular weight is 578 g/mol. The summed E-state index contributed by atoms with van der Waals surface area (Å²) in [5, 5.41) is 22.4. The summed E-state index contributed by atoms with van der Waals surface area (Å²) in [6.45, 7) is 1.70. The van der Waals surface area contributed by atoms with E-state index in [1.165, 1.54) is 11.8 Å². The molecular weight excluding hydrogens is 543 g/mol. The lowest BCUT2D eigenvalue weighted by Crippen LogP contribution is -2.45. The molecule has 2 N–H and O–H groups in total. The van der Waals surface area contributed by atoms with Crippen molar-refractivity contribution in [3.63, 3.8) is 0 Å². The van der Waals surface area contributed by atoms with Crippen LogP contribution < -0.4 is 9.64 Å². The molecule has 3 aromatic rings. The Morgan fingerprint density at radius 1 is 1.18 bits per heavy atom. The zero-order valence-corrected chi connectivity index (χ0v) is 23.6. The number of methoxy groups -OCH3 is 1. The number of aliphatic hydroxyl groups excluding tert-OH is 1.